The fraction of sp³-hybridized carbons (Fsp3) is 0.192. The van der Waals surface area contributed by atoms with Crippen molar-refractivity contribution in [2.45, 2.75) is 19.3 Å². The predicted molar refractivity (Wildman–Crippen MR) is 147 cm³/mol. The number of para-hydroxylation sites is 2. The van der Waals surface area contributed by atoms with Gasteiger partial charge in [-0.1, -0.05) is 26.0 Å². The van der Waals surface area contributed by atoms with Gasteiger partial charge in [0.15, 0.2) is 5.11 Å². The molecule has 11 heteroatoms. The molecule has 4 N–H and O–H groups in total. The third kappa shape index (κ3) is 4.44. The van der Waals surface area contributed by atoms with Crippen LogP contribution in [0.4, 0.5) is 30.6 Å². The Morgan fingerprint density at radius 3 is 2.70 bits per heavy atom. The number of rotatable bonds is 3. The molecule has 3 aromatic carbocycles. The highest BCUT2D eigenvalue weighted by Gasteiger charge is 2.42. The second-order valence-electron chi connectivity index (χ2n) is 9.25. The van der Waals surface area contributed by atoms with Gasteiger partial charge in [0.1, 0.15) is 22.4 Å². The number of phenols is 1. The number of urea groups is 1. The molecule has 4 aromatic rings. The number of amides is 2. The molecule has 0 aliphatic carbocycles. The van der Waals surface area contributed by atoms with E-state index in [2.05, 4.69) is 20.9 Å². The van der Waals surface area contributed by atoms with Crippen molar-refractivity contribution in [1.82, 2.24) is 15.6 Å². The molecule has 0 unspecified atom stereocenters. The van der Waals surface area contributed by atoms with E-state index < -0.39 is 23.1 Å². The maximum absolute atomic E-state index is 15.5. The molecular formula is C26H23F2N5O2S2. The number of hydrogen-bond donors (Lipinski definition) is 4. The van der Waals surface area contributed by atoms with Crippen LogP contribution in [-0.4, -0.2) is 34.8 Å². The van der Waals surface area contributed by atoms with Crippen LogP contribution in [0.1, 0.15) is 19.4 Å². The van der Waals surface area contributed by atoms with Crippen molar-refractivity contribution >= 4 is 62.0 Å². The van der Waals surface area contributed by atoms with Crippen LogP contribution < -0.4 is 20.9 Å². The summed E-state index contributed by atoms with van der Waals surface area (Å²) in [5, 5.41) is 19.5. The van der Waals surface area contributed by atoms with E-state index in [4.69, 9.17) is 12.2 Å². The second-order valence-corrected chi connectivity index (χ2v) is 10.7. The van der Waals surface area contributed by atoms with Crippen molar-refractivity contribution in [3.05, 3.63) is 65.7 Å². The van der Waals surface area contributed by atoms with Gasteiger partial charge in [-0.25, -0.2) is 18.6 Å². The summed E-state index contributed by atoms with van der Waals surface area (Å²) in [5.74, 6) is -1.24. The summed E-state index contributed by atoms with van der Waals surface area (Å²) < 4.78 is 29.9. The molecule has 37 heavy (non-hydrogen) atoms. The Bertz CT molecular complexity index is 1570. The lowest BCUT2D eigenvalue weighted by atomic mass is 9.83. The Kier molecular flexibility index (Phi) is 6.20. The highest BCUT2D eigenvalue weighted by molar-refractivity contribution is 7.80. The van der Waals surface area contributed by atoms with Gasteiger partial charge in [-0.2, -0.15) is 0 Å². The van der Waals surface area contributed by atoms with Crippen LogP contribution in [0.25, 0.3) is 20.8 Å². The molecule has 0 spiro atoms. The fourth-order valence-corrected chi connectivity index (χ4v) is 5.80. The number of thiocarbonyl (C=S) groups is 1. The molecule has 2 heterocycles. The number of fused-ring (bicyclic) bond motifs is 2. The molecular weight excluding hydrogens is 516 g/mol. The summed E-state index contributed by atoms with van der Waals surface area (Å²) in [4.78, 5) is 18.9. The number of carbonyl (C=O) groups excluding carboxylic acids is 1. The lowest BCUT2D eigenvalue weighted by molar-refractivity contribution is 0.256. The molecule has 0 fully saturated rings. The summed E-state index contributed by atoms with van der Waals surface area (Å²) in [7, 11) is 1.60. The number of halogens is 2. The number of hydrogen-bond acceptors (Lipinski definition) is 6. The molecule has 1 aliphatic rings. The number of phenolic OH excluding ortho intramolecular Hbond substituents is 1. The van der Waals surface area contributed by atoms with Crippen LogP contribution in [0, 0.1) is 11.6 Å². The highest BCUT2D eigenvalue weighted by Crippen LogP contribution is 2.55. The van der Waals surface area contributed by atoms with Gasteiger partial charge in [-0.15, -0.1) is 11.3 Å². The molecule has 190 valence electrons. The average Bonchev–Trinajstić information content (AvgIpc) is 3.37. The van der Waals surface area contributed by atoms with Crippen molar-refractivity contribution < 1.29 is 18.7 Å². The Morgan fingerprint density at radius 1 is 1.19 bits per heavy atom. The second kappa shape index (κ2) is 9.24. The smallest absolute Gasteiger partial charge is 0.325 e. The van der Waals surface area contributed by atoms with Crippen LogP contribution in [0.2, 0.25) is 0 Å². The number of anilines is 3. The van der Waals surface area contributed by atoms with E-state index >= 15 is 4.39 Å². The zero-order valence-electron chi connectivity index (χ0n) is 20.1. The van der Waals surface area contributed by atoms with E-state index in [0.29, 0.717) is 44.4 Å². The van der Waals surface area contributed by atoms with Crippen LogP contribution >= 0.6 is 23.6 Å². The molecule has 0 saturated heterocycles. The van der Waals surface area contributed by atoms with Gasteiger partial charge in [0.25, 0.3) is 0 Å². The first-order valence-corrected chi connectivity index (χ1v) is 12.6. The minimum atomic E-state index is -0.615. The van der Waals surface area contributed by atoms with Crippen LogP contribution in [0.5, 0.6) is 5.75 Å². The van der Waals surface area contributed by atoms with Gasteiger partial charge >= 0.3 is 6.03 Å². The molecule has 7 nitrogen and oxygen atoms in total. The summed E-state index contributed by atoms with van der Waals surface area (Å²) in [6, 6.07) is 11.9. The topological polar surface area (TPSA) is 89.5 Å². The van der Waals surface area contributed by atoms with Gasteiger partial charge < -0.3 is 20.6 Å². The number of aromatic nitrogens is 1. The predicted octanol–water partition coefficient (Wildman–Crippen LogP) is 6.00. The Labute approximate surface area is 221 Å². The van der Waals surface area contributed by atoms with E-state index in [1.54, 1.807) is 31.3 Å². The SMILES string of the molecule is CNC(=S)NC(=O)Nc1ccccc1N1CC(C)(C)c2c(-c3nc4ccc(F)cc4s3)c(F)cc(O)c21. The zero-order valence-corrected chi connectivity index (χ0v) is 21.8. The molecule has 0 radical (unpaired) electrons. The summed E-state index contributed by atoms with van der Waals surface area (Å²) in [5.41, 5.74) is 2.31. The monoisotopic (exact) mass is 539 g/mol. The third-order valence-electron chi connectivity index (χ3n) is 6.19. The largest absolute Gasteiger partial charge is 0.506 e. The number of thiazole rings is 1. The van der Waals surface area contributed by atoms with E-state index in [9.17, 15) is 14.3 Å². The molecule has 1 aliphatic heterocycles. The van der Waals surface area contributed by atoms with Gasteiger partial charge in [-0.3, -0.25) is 5.32 Å². The van der Waals surface area contributed by atoms with E-state index in [-0.39, 0.29) is 16.4 Å². The molecule has 0 saturated carbocycles. The van der Waals surface area contributed by atoms with E-state index in [0.717, 1.165) is 6.07 Å². The number of carbonyl (C=O) groups is 1. The van der Waals surface area contributed by atoms with Crippen LogP contribution in [0.3, 0.4) is 0 Å². The van der Waals surface area contributed by atoms with Crippen LogP contribution in [-0.2, 0) is 5.41 Å². The first-order chi connectivity index (χ1) is 17.6. The van der Waals surface area contributed by atoms with Gasteiger partial charge in [0, 0.05) is 30.6 Å². The fourth-order valence-electron chi connectivity index (χ4n) is 4.67. The van der Waals surface area contributed by atoms with E-state index in [1.165, 1.54) is 23.5 Å². The minimum Gasteiger partial charge on any atom is -0.506 e. The Hall–Kier alpha value is -3.83. The maximum Gasteiger partial charge on any atom is 0.325 e. The van der Waals surface area contributed by atoms with Gasteiger partial charge in [-0.05, 0) is 42.5 Å². The normalized spacial score (nSPS) is 13.9. The van der Waals surface area contributed by atoms with Crippen LogP contribution in [0.15, 0.2) is 48.5 Å². The van der Waals surface area contributed by atoms with Crippen molar-refractivity contribution in [3.8, 4) is 16.3 Å². The van der Waals surface area contributed by atoms with Gasteiger partial charge in [0.05, 0.1) is 32.8 Å². The lowest BCUT2D eigenvalue weighted by Crippen LogP contribution is -2.40. The minimum absolute atomic E-state index is 0.163. The maximum atomic E-state index is 15.5. The third-order valence-corrected chi connectivity index (χ3v) is 7.54. The molecule has 2 amide bonds. The molecule has 5 rings (SSSR count). The Balaban J connectivity index is 1.64. The lowest BCUT2D eigenvalue weighted by Gasteiger charge is -2.25. The first kappa shape index (κ1) is 24.8. The first-order valence-electron chi connectivity index (χ1n) is 11.4. The van der Waals surface area contributed by atoms with Gasteiger partial charge in [0.2, 0.25) is 0 Å². The molecule has 1 aromatic heterocycles. The molecule has 0 bridgehead atoms. The van der Waals surface area contributed by atoms with Crippen molar-refractivity contribution in [2.24, 2.45) is 0 Å². The van der Waals surface area contributed by atoms with Crippen molar-refractivity contribution in [3.63, 3.8) is 0 Å². The highest BCUT2D eigenvalue weighted by atomic mass is 32.1. The van der Waals surface area contributed by atoms with E-state index in [1.807, 2.05) is 24.8 Å². The summed E-state index contributed by atoms with van der Waals surface area (Å²) >= 11 is 6.20. The number of aromatic hydroxyl groups is 1. The number of benzene rings is 3. The number of nitrogens with one attached hydrogen (secondary N) is 3. The van der Waals surface area contributed by atoms with Crippen molar-refractivity contribution in [2.75, 3.05) is 23.8 Å². The quantitative estimate of drug-likeness (QED) is 0.239. The summed E-state index contributed by atoms with van der Waals surface area (Å²) in [6.45, 7) is 4.30. The number of nitrogens with zero attached hydrogens (tertiary/aromatic N) is 2. The standard InChI is InChI=1S/C26H23F2N5O2S2/c1-26(2)12-33(17-7-5-4-6-15(17)31-24(35)32-25(36)29-3)22-18(34)11-14(28)20(21(22)26)23-30-16-9-8-13(27)10-19(16)37-23/h4-11,34H,12H2,1-3H3,(H3,29,31,32,35,36). The average molecular weight is 540 g/mol. The Morgan fingerprint density at radius 2 is 1.95 bits per heavy atom. The zero-order chi connectivity index (χ0) is 26.5. The molecule has 0 atom stereocenters. The summed E-state index contributed by atoms with van der Waals surface area (Å²) in [6.07, 6.45) is 0. The van der Waals surface area contributed by atoms with Crippen molar-refractivity contribution in [1.29, 1.82) is 0 Å².